The highest BCUT2D eigenvalue weighted by Gasteiger charge is 2.25. The van der Waals surface area contributed by atoms with Gasteiger partial charge in [0.15, 0.2) is 5.03 Å². The summed E-state index contributed by atoms with van der Waals surface area (Å²) >= 11 is 0. The lowest BCUT2D eigenvalue weighted by Gasteiger charge is -2.36. The van der Waals surface area contributed by atoms with Crippen LogP contribution in [0.15, 0.2) is 11.1 Å². The van der Waals surface area contributed by atoms with Gasteiger partial charge in [0, 0.05) is 32.2 Å². The van der Waals surface area contributed by atoms with Crippen molar-refractivity contribution in [3.8, 4) is 0 Å². The molecule has 0 spiro atoms. The number of aromatic nitrogens is 2. The average molecular weight is 244 g/mol. The Labute approximate surface area is 95.1 Å². The Morgan fingerprint density at radius 1 is 1.50 bits per heavy atom. The van der Waals surface area contributed by atoms with E-state index in [1.165, 1.54) is 6.42 Å². The fourth-order valence-corrected chi connectivity index (χ4v) is 2.42. The number of primary sulfonamides is 1. The van der Waals surface area contributed by atoms with Crippen molar-refractivity contribution in [2.45, 2.75) is 24.4 Å². The monoisotopic (exact) mass is 244 g/mol. The van der Waals surface area contributed by atoms with Gasteiger partial charge in [-0.05, 0) is 13.3 Å². The smallest absolute Gasteiger partial charge is 0.257 e. The lowest BCUT2D eigenvalue weighted by molar-refractivity contribution is 0.123. The molecule has 6 nitrogen and oxygen atoms in total. The number of rotatable bonds is 3. The molecule has 0 unspecified atom stereocenters. The molecule has 0 bridgehead atoms. The maximum absolute atomic E-state index is 11.2. The highest BCUT2D eigenvalue weighted by Crippen LogP contribution is 2.25. The number of hydrogen-bond acceptors (Lipinski definition) is 4. The van der Waals surface area contributed by atoms with Crippen LogP contribution in [0.4, 0.5) is 0 Å². The second kappa shape index (κ2) is 3.83. The zero-order valence-corrected chi connectivity index (χ0v) is 10.2. The third kappa shape index (κ3) is 1.98. The molecule has 2 heterocycles. The Morgan fingerprint density at radius 2 is 2.12 bits per heavy atom. The van der Waals surface area contributed by atoms with Crippen molar-refractivity contribution < 1.29 is 8.42 Å². The predicted octanol–water partition coefficient (Wildman–Crippen LogP) is -0.166. The van der Waals surface area contributed by atoms with Gasteiger partial charge in [-0.2, -0.15) is 5.10 Å². The first kappa shape index (κ1) is 11.6. The van der Waals surface area contributed by atoms with Crippen LogP contribution in [0.3, 0.4) is 0 Å². The van der Waals surface area contributed by atoms with Crippen molar-refractivity contribution in [2.75, 3.05) is 13.1 Å². The number of hydrogen-bond donors (Lipinski definition) is 1. The van der Waals surface area contributed by atoms with E-state index in [1.54, 1.807) is 17.8 Å². The lowest BCUT2D eigenvalue weighted by Crippen LogP contribution is -2.39. The molecule has 16 heavy (non-hydrogen) atoms. The summed E-state index contributed by atoms with van der Waals surface area (Å²) in [5, 5.41) is 8.91. The molecule has 0 radical (unpaired) electrons. The third-order valence-electron chi connectivity index (χ3n) is 3.05. The quantitative estimate of drug-likeness (QED) is 0.800. The van der Waals surface area contributed by atoms with Crippen LogP contribution in [0.2, 0.25) is 0 Å². The van der Waals surface area contributed by atoms with Gasteiger partial charge in [-0.15, -0.1) is 0 Å². The standard InChI is InChI=1S/C9H16N4O2S/c1-7(13-4-3-5-13)8-6-9(11-12(8)2)16(10,14)15/h6-7H,3-5H2,1-2H3,(H2,10,14,15)/t7-/m1/s1. The van der Waals surface area contributed by atoms with E-state index in [2.05, 4.69) is 10.00 Å². The molecule has 2 rings (SSSR count). The van der Waals surface area contributed by atoms with Crippen molar-refractivity contribution in [1.82, 2.24) is 14.7 Å². The average Bonchev–Trinajstić information content (AvgIpc) is 2.42. The maximum Gasteiger partial charge on any atom is 0.257 e. The summed E-state index contributed by atoms with van der Waals surface area (Å²) in [6, 6.07) is 1.74. The van der Waals surface area contributed by atoms with E-state index in [-0.39, 0.29) is 11.1 Å². The minimum Gasteiger partial charge on any atom is -0.295 e. The van der Waals surface area contributed by atoms with Gasteiger partial charge in [0.05, 0.1) is 5.69 Å². The molecule has 90 valence electrons. The van der Waals surface area contributed by atoms with Crippen molar-refractivity contribution in [1.29, 1.82) is 0 Å². The first-order valence-corrected chi connectivity index (χ1v) is 6.75. The molecule has 1 fully saturated rings. The van der Waals surface area contributed by atoms with Gasteiger partial charge in [0.2, 0.25) is 0 Å². The Kier molecular flexibility index (Phi) is 2.77. The first-order valence-electron chi connectivity index (χ1n) is 5.20. The Balaban J connectivity index is 2.31. The van der Waals surface area contributed by atoms with Crippen LogP contribution in [0.25, 0.3) is 0 Å². The van der Waals surface area contributed by atoms with Crippen LogP contribution in [-0.4, -0.2) is 36.2 Å². The van der Waals surface area contributed by atoms with Crippen LogP contribution in [0.5, 0.6) is 0 Å². The fourth-order valence-electron chi connectivity index (χ4n) is 1.90. The van der Waals surface area contributed by atoms with Crippen LogP contribution in [0.1, 0.15) is 25.1 Å². The largest absolute Gasteiger partial charge is 0.295 e. The molecule has 0 aromatic carbocycles. The number of nitrogens with zero attached hydrogens (tertiary/aromatic N) is 3. The van der Waals surface area contributed by atoms with E-state index in [4.69, 9.17) is 5.14 Å². The normalized spacial score (nSPS) is 19.4. The topological polar surface area (TPSA) is 81.2 Å². The van der Waals surface area contributed by atoms with E-state index in [9.17, 15) is 8.42 Å². The number of sulfonamides is 1. The molecule has 1 saturated heterocycles. The lowest BCUT2D eigenvalue weighted by atomic mass is 10.1. The van der Waals surface area contributed by atoms with Gasteiger partial charge < -0.3 is 0 Å². The van der Waals surface area contributed by atoms with Gasteiger partial charge in [-0.1, -0.05) is 0 Å². The highest BCUT2D eigenvalue weighted by atomic mass is 32.2. The molecular formula is C9H16N4O2S. The summed E-state index contributed by atoms with van der Waals surface area (Å²) in [7, 11) is -1.97. The molecular weight excluding hydrogens is 228 g/mol. The zero-order chi connectivity index (χ0) is 11.9. The summed E-state index contributed by atoms with van der Waals surface area (Å²) in [5.41, 5.74) is 0.878. The highest BCUT2D eigenvalue weighted by molar-refractivity contribution is 7.89. The molecule has 0 saturated carbocycles. The van der Waals surface area contributed by atoms with E-state index >= 15 is 0 Å². The van der Waals surface area contributed by atoms with Crippen LogP contribution < -0.4 is 5.14 Å². The maximum atomic E-state index is 11.2. The molecule has 7 heteroatoms. The molecule has 1 aromatic heterocycles. The Hall–Kier alpha value is -0.920. The van der Waals surface area contributed by atoms with Crippen molar-refractivity contribution in [3.05, 3.63) is 11.8 Å². The van der Waals surface area contributed by atoms with Crippen LogP contribution >= 0.6 is 0 Å². The summed E-state index contributed by atoms with van der Waals surface area (Å²) in [4.78, 5) is 2.27. The summed E-state index contributed by atoms with van der Waals surface area (Å²) < 4.78 is 23.9. The molecule has 1 aliphatic heterocycles. The SMILES string of the molecule is C[C@H](c1cc(S(N)(=O)=O)nn1C)N1CCC1. The van der Waals surface area contributed by atoms with Gasteiger partial charge in [0.25, 0.3) is 10.0 Å². The first-order chi connectivity index (χ1) is 7.39. The van der Waals surface area contributed by atoms with Crippen LogP contribution in [-0.2, 0) is 17.1 Å². The second-order valence-corrected chi connectivity index (χ2v) is 5.65. The van der Waals surface area contributed by atoms with Crippen molar-refractivity contribution >= 4 is 10.0 Å². The van der Waals surface area contributed by atoms with Gasteiger partial charge in [-0.25, -0.2) is 13.6 Å². The molecule has 0 amide bonds. The minimum atomic E-state index is -3.70. The summed E-state index contributed by atoms with van der Waals surface area (Å²) in [6.45, 7) is 4.15. The minimum absolute atomic E-state index is 0.0580. The summed E-state index contributed by atoms with van der Waals surface area (Å²) in [6.07, 6.45) is 1.20. The Bertz CT molecular complexity index is 490. The van der Waals surface area contributed by atoms with Gasteiger partial charge in [-0.3, -0.25) is 9.58 Å². The predicted molar refractivity (Wildman–Crippen MR) is 59.2 cm³/mol. The number of nitrogens with two attached hydrogens (primary N) is 1. The second-order valence-electron chi connectivity index (χ2n) is 4.14. The van der Waals surface area contributed by atoms with E-state index in [0.29, 0.717) is 0 Å². The van der Waals surface area contributed by atoms with Crippen molar-refractivity contribution in [3.63, 3.8) is 0 Å². The third-order valence-corrected chi connectivity index (χ3v) is 3.83. The number of likely N-dealkylation sites (tertiary alicyclic amines) is 1. The Morgan fingerprint density at radius 3 is 2.50 bits per heavy atom. The number of aryl methyl sites for hydroxylation is 1. The van der Waals surface area contributed by atoms with E-state index < -0.39 is 10.0 Å². The fraction of sp³-hybridized carbons (Fsp3) is 0.667. The zero-order valence-electron chi connectivity index (χ0n) is 9.42. The molecule has 1 atom stereocenters. The van der Waals surface area contributed by atoms with Crippen molar-refractivity contribution in [2.24, 2.45) is 12.2 Å². The summed E-state index contributed by atoms with van der Waals surface area (Å²) in [5.74, 6) is 0. The van der Waals surface area contributed by atoms with E-state index in [0.717, 1.165) is 18.8 Å². The van der Waals surface area contributed by atoms with Gasteiger partial charge in [0.1, 0.15) is 0 Å². The van der Waals surface area contributed by atoms with Crippen LogP contribution in [0, 0.1) is 0 Å². The van der Waals surface area contributed by atoms with E-state index in [1.807, 2.05) is 6.92 Å². The molecule has 1 aromatic rings. The molecule has 1 aliphatic rings. The van der Waals surface area contributed by atoms with Gasteiger partial charge >= 0.3 is 0 Å². The molecule has 2 N–H and O–H groups in total. The molecule has 0 aliphatic carbocycles.